The molecule has 0 atom stereocenters. The van der Waals surface area contributed by atoms with Crippen molar-refractivity contribution in [1.29, 1.82) is 0 Å². The predicted octanol–water partition coefficient (Wildman–Crippen LogP) is 3.48. The summed E-state index contributed by atoms with van der Waals surface area (Å²) in [6.45, 7) is -0.152. The summed E-state index contributed by atoms with van der Waals surface area (Å²) in [7, 11) is -5.45. The summed E-state index contributed by atoms with van der Waals surface area (Å²) in [6, 6.07) is 18.2. The second-order valence-electron chi connectivity index (χ2n) is 7.32. The molecule has 9 nitrogen and oxygen atoms in total. The molecule has 1 amide bonds. The van der Waals surface area contributed by atoms with Crippen LogP contribution in [0.3, 0.4) is 0 Å². The van der Waals surface area contributed by atoms with Crippen molar-refractivity contribution in [2.45, 2.75) is 16.2 Å². The molecule has 3 aromatic carbocycles. The number of benzene rings is 3. The first-order valence-corrected chi connectivity index (χ1v) is 13.6. The lowest BCUT2D eigenvalue weighted by Gasteiger charge is -2.22. The van der Waals surface area contributed by atoms with Gasteiger partial charge in [-0.05, 0) is 54.6 Å². The Bertz CT molecular complexity index is 1400. The number of carbonyl (C=O) groups excluding carboxylic acids is 1. The molecular formula is C23H24ClN3O6S2. The van der Waals surface area contributed by atoms with Gasteiger partial charge in [0, 0.05) is 30.7 Å². The largest absolute Gasteiger partial charge is 0.495 e. The van der Waals surface area contributed by atoms with Gasteiger partial charge in [0.15, 0.2) is 0 Å². The van der Waals surface area contributed by atoms with Crippen molar-refractivity contribution in [3.8, 4) is 5.75 Å². The molecule has 12 heteroatoms. The SMILES string of the molecule is COc1ccc(S(=O)(=O)NCCC(=O)Nc2ccccc2)cc1N(C)S(=O)(=O)c1ccc(Cl)cc1. The second-order valence-corrected chi connectivity index (χ2v) is 11.5. The number of para-hydroxylation sites is 1. The van der Waals surface area contributed by atoms with Crippen LogP contribution in [-0.2, 0) is 24.8 Å². The first kappa shape index (κ1) is 26.5. The Kier molecular flexibility index (Phi) is 8.39. The van der Waals surface area contributed by atoms with E-state index in [0.717, 1.165) is 4.31 Å². The summed E-state index contributed by atoms with van der Waals surface area (Å²) < 4.78 is 60.4. The number of nitrogens with one attached hydrogen (secondary N) is 2. The lowest BCUT2D eigenvalue weighted by atomic mass is 10.3. The average Bonchev–Trinajstić information content (AvgIpc) is 2.84. The highest BCUT2D eigenvalue weighted by Crippen LogP contribution is 2.33. The zero-order valence-electron chi connectivity index (χ0n) is 18.9. The van der Waals surface area contributed by atoms with Crippen molar-refractivity contribution < 1.29 is 26.4 Å². The summed E-state index contributed by atoms with van der Waals surface area (Å²) in [5.41, 5.74) is 0.622. The molecule has 0 aliphatic rings. The van der Waals surface area contributed by atoms with Crippen LogP contribution < -0.4 is 19.1 Å². The molecular weight excluding hydrogens is 514 g/mol. The van der Waals surface area contributed by atoms with E-state index in [-0.39, 0.29) is 40.1 Å². The van der Waals surface area contributed by atoms with E-state index in [9.17, 15) is 21.6 Å². The number of ether oxygens (including phenoxy) is 1. The molecule has 0 radical (unpaired) electrons. The van der Waals surface area contributed by atoms with Gasteiger partial charge in [-0.15, -0.1) is 0 Å². The van der Waals surface area contributed by atoms with Crippen LogP contribution in [0.15, 0.2) is 82.6 Å². The molecule has 0 bridgehead atoms. The Hall–Kier alpha value is -3.12. The van der Waals surface area contributed by atoms with E-state index >= 15 is 0 Å². The number of rotatable bonds is 10. The van der Waals surface area contributed by atoms with Crippen molar-refractivity contribution in [2.24, 2.45) is 0 Å². The molecule has 0 heterocycles. The molecule has 3 aromatic rings. The van der Waals surface area contributed by atoms with Crippen LogP contribution >= 0.6 is 11.6 Å². The van der Waals surface area contributed by atoms with Gasteiger partial charge in [-0.2, -0.15) is 0 Å². The van der Waals surface area contributed by atoms with Crippen LogP contribution in [0.25, 0.3) is 0 Å². The first-order chi connectivity index (χ1) is 16.5. The molecule has 35 heavy (non-hydrogen) atoms. The third-order valence-electron chi connectivity index (χ3n) is 4.97. The van der Waals surface area contributed by atoms with Crippen molar-refractivity contribution >= 4 is 48.9 Å². The molecule has 0 aliphatic carbocycles. The van der Waals surface area contributed by atoms with Crippen molar-refractivity contribution in [3.05, 3.63) is 77.8 Å². The van der Waals surface area contributed by atoms with E-state index in [4.69, 9.17) is 16.3 Å². The van der Waals surface area contributed by atoms with E-state index in [1.165, 1.54) is 56.6 Å². The number of halogens is 1. The van der Waals surface area contributed by atoms with E-state index in [1.54, 1.807) is 24.3 Å². The molecule has 3 rings (SSSR count). The minimum atomic E-state index is -4.05. The Balaban J connectivity index is 1.77. The second kappa shape index (κ2) is 11.1. The van der Waals surface area contributed by atoms with Crippen LogP contribution in [0.2, 0.25) is 5.02 Å². The van der Waals surface area contributed by atoms with Crippen LogP contribution in [0.4, 0.5) is 11.4 Å². The monoisotopic (exact) mass is 537 g/mol. The van der Waals surface area contributed by atoms with E-state index in [1.807, 2.05) is 6.07 Å². The zero-order valence-corrected chi connectivity index (χ0v) is 21.3. The van der Waals surface area contributed by atoms with Crippen molar-refractivity contribution in [3.63, 3.8) is 0 Å². The summed E-state index contributed by atoms with van der Waals surface area (Å²) in [4.78, 5) is 11.9. The standard InChI is InChI=1S/C23H24ClN3O6S2/c1-27(35(31,32)19-10-8-17(24)9-11-19)21-16-20(12-13-22(21)33-2)34(29,30)25-15-14-23(28)26-18-6-4-3-5-7-18/h3-13,16,25H,14-15H2,1-2H3,(H,26,28). The Morgan fingerprint density at radius 2 is 1.57 bits per heavy atom. The highest BCUT2D eigenvalue weighted by atomic mass is 35.5. The smallest absolute Gasteiger partial charge is 0.264 e. The molecule has 0 spiro atoms. The van der Waals surface area contributed by atoms with Crippen LogP contribution in [-0.4, -0.2) is 43.4 Å². The quantitative estimate of drug-likeness (QED) is 0.408. The zero-order chi connectivity index (χ0) is 25.6. The van der Waals surface area contributed by atoms with Gasteiger partial charge in [0.2, 0.25) is 15.9 Å². The maximum Gasteiger partial charge on any atom is 0.264 e. The summed E-state index contributed by atoms with van der Waals surface area (Å²) in [5, 5.41) is 3.05. The number of hydrogen-bond donors (Lipinski definition) is 2. The summed E-state index contributed by atoms with van der Waals surface area (Å²) >= 11 is 5.85. The van der Waals surface area contributed by atoms with Gasteiger partial charge in [-0.25, -0.2) is 21.6 Å². The molecule has 0 aliphatic heterocycles. The van der Waals surface area contributed by atoms with E-state index in [0.29, 0.717) is 10.7 Å². The van der Waals surface area contributed by atoms with E-state index < -0.39 is 20.0 Å². The fraction of sp³-hybridized carbons (Fsp3) is 0.174. The van der Waals surface area contributed by atoms with Crippen LogP contribution in [0.5, 0.6) is 5.75 Å². The number of hydrogen-bond acceptors (Lipinski definition) is 6. The van der Waals surface area contributed by atoms with Gasteiger partial charge in [0.25, 0.3) is 10.0 Å². The van der Waals surface area contributed by atoms with E-state index in [2.05, 4.69) is 10.0 Å². The molecule has 2 N–H and O–H groups in total. The molecule has 0 saturated carbocycles. The molecule has 0 aromatic heterocycles. The number of sulfonamides is 2. The van der Waals surface area contributed by atoms with Gasteiger partial charge in [-0.1, -0.05) is 29.8 Å². The Morgan fingerprint density at radius 1 is 0.943 bits per heavy atom. The van der Waals surface area contributed by atoms with Gasteiger partial charge in [0.1, 0.15) is 5.75 Å². The molecule has 0 fully saturated rings. The first-order valence-electron chi connectivity index (χ1n) is 10.3. The fourth-order valence-corrected chi connectivity index (χ4v) is 5.48. The number of amides is 1. The highest BCUT2D eigenvalue weighted by Gasteiger charge is 2.26. The topological polar surface area (TPSA) is 122 Å². The molecule has 186 valence electrons. The minimum Gasteiger partial charge on any atom is -0.495 e. The summed E-state index contributed by atoms with van der Waals surface area (Å²) in [6.07, 6.45) is -0.0953. The maximum absolute atomic E-state index is 13.1. The van der Waals surface area contributed by atoms with Gasteiger partial charge < -0.3 is 10.1 Å². The average molecular weight is 538 g/mol. The Morgan fingerprint density at radius 3 is 2.20 bits per heavy atom. The van der Waals surface area contributed by atoms with Gasteiger partial charge in [-0.3, -0.25) is 9.10 Å². The van der Waals surface area contributed by atoms with Crippen LogP contribution in [0, 0.1) is 0 Å². The molecule has 0 saturated heterocycles. The van der Waals surface area contributed by atoms with Crippen LogP contribution in [0.1, 0.15) is 6.42 Å². The number of anilines is 2. The fourth-order valence-electron chi connectivity index (χ4n) is 3.10. The van der Waals surface area contributed by atoms with Gasteiger partial charge in [0.05, 0.1) is 22.6 Å². The minimum absolute atomic E-state index is 0.0205. The lowest BCUT2D eigenvalue weighted by molar-refractivity contribution is -0.116. The molecule has 0 unspecified atom stereocenters. The normalized spacial score (nSPS) is 11.6. The van der Waals surface area contributed by atoms with Crippen molar-refractivity contribution in [1.82, 2.24) is 4.72 Å². The number of carbonyl (C=O) groups is 1. The number of nitrogens with zero attached hydrogens (tertiary/aromatic N) is 1. The summed E-state index contributed by atoms with van der Waals surface area (Å²) in [5.74, 6) is -0.200. The predicted molar refractivity (Wildman–Crippen MR) is 135 cm³/mol. The maximum atomic E-state index is 13.1. The Labute approximate surface area is 209 Å². The lowest BCUT2D eigenvalue weighted by Crippen LogP contribution is -2.29. The third-order valence-corrected chi connectivity index (χ3v) is 8.47. The number of methoxy groups -OCH3 is 1. The highest BCUT2D eigenvalue weighted by molar-refractivity contribution is 7.92. The van der Waals surface area contributed by atoms with Gasteiger partial charge >= 0.3 is 0 Å². The third kappa shape index (κ3) is 6.51. The van der Waals surface area contributed by atoms with Crippen molar-refractivity contribution in [2.75, 3.05) is 30.3 Å².